The Kier molecular flexibility index (Phi) is 4.39. The number of para-hydroxylation sites is 2. The van der Waals surface area contributed by atoms with Crippen molar-refractivity contribution >= 4 is 34.5 Å². The molecule has 0 aliphatic rings. The summed E-state index contributed by atoms with van der Waals surface area (Å²) in [4.78, 5) is 12.5. The van der Waals surface area contributed by atoms with E-state index in [4.69, 9.17) is 21.6 Å². The van der Waals surface area contributed by atoms with Gasteiger partial charge in [-0.2, -0.15) is 5.26 Å². The summed E-state index contributed by atoms with van der Waals surface area (Å²) in [6, 6.07) is 12.1. The fourth-order valence-electron chi connectivity index (χ4n) is 1.43. The summed E-state index contributed by atoms with van der Waals surface area (Å²) in [5.41, 5.74) is 0.521. The molecule has 2 aromatic rings. The Bertz CT molecular complexity index is 634. The maximum Gasteiger partial charge on any atom is 0.265 e. The van der Waals surface area contributed by atoms with E-state index >= 15 is 0 Å². The quantitative estimate of drug-likeness (QED) is 0.937. The van der Waals surface area contributed by atoms with E-state index in [1.165, 1.54) is 11.3 Å². The van der Waals surface area contributed by atoms with E-state index in [-0.39, 0.29) is 12.5 Å². The van der Waals surface area contributed by atoms with Gasteiger partial charge >= 0.3 is 0 Å². The zero-order chi connectivity index (χ0) is 13.7. The zero-order valence-electron chi connectivity index (χ0n) is 9.72. The third kappa shape index (κ3) is 3.47. The highest BCUT2D eigenvalue weighted by Crippen LogP contribution is 2.26. The molecule has 1 aromatic heterocycles. The van der Waals surface area contributed by atoms with E-state index in [1.54, 1.807) is 36.4 Å². The van der Waals surface area contributed by atoms with Crippen LogP contribution in [0, 0.1) is 11.3 Å². The fraction of sp³-hybridized carbons (Fsp3) is 0.0769. The van der Waals surface area contributed by atoms with Gasteiger partial charge in [-0.1, -0.05) is 23.7 Å². The number of rotatable bonds is 4. The lowest BCUT2D eigenvalue weighted by Gasteiger charge is -2.09. The average molecular weight is 293 g/mol. The smallest absolute Gasteiger partial charge is 0.265 e. The summed E-state index contributed by atoms with van der Waals surface area (Å²) in [6.45, 7) is -0.0717. The van der Waals surface area contributed by atoms with Gasteiger partial charge in [-0.05, 0) is 24.3 Å². The number of amides is 1. The molecule has 0 radical (unpaired) electrons. The minimum absolute atomic E-state index is 0.0717. The number of halogens is 1. The maximum atomic E-state index is 12.0. The van der Waals surface area contributed by atoms with Crippen LogP contribution < -0.4 is 10.1 Å². The molecule has 0 aliphatic carbocycles. The lowest BCUT2D eigenvalue weighted by Crippen LogP contribution is -2.11. The van der Waals surface area contributed by atoms with Crippen molar-refractivity contribution in [2.45, 2.75) is 0 Å². The zero-order valence-corrected chi connectivity index (χ0v) is 11.3. The summed E-state index contributed by atoms with van der Waals surface area (Å²) in [6.07, 6.45) is 0. The number of benzene rings is 1. The van der Waals surface area contributed by atoms with Crippen molar-refractivity contribution in [3.63, 3.8) is 0 Å². The molecule has 96 valence electrons. The number of carbonyl (C=O) groups is 1. The van der Waals surface area contributed by atoms with E-state index in [0.29, 0.717) is 20.7 Å². The second-order valence-electron chi connectivity index (χ2n) is 3.50. The van der Waals surface area contributed by atoms with Crippen molar-refractivity contribution in [3.8, 4) is 11.8 Å². The number of ether oxygens (including phenoxy) is 1. The Morgan fingerprint density at radius 1 is 1.37 bits per heavy atom. The van der Waals surface area contributed by atoms with Crippen molar-refractivity contribution < 1.29 is 9.53 Å². The van der Waals surface area contributed by atoms with Crippen molar-refractivity contribution in [3.05, 3.63) is 45.6 Å². The van der Waals surface area contributed by atoms with Gasteiger partial charge in [0.1, 0.15) is 11.8 Å². The van der Waals surface area contributed by atoms with Gasteiger partial charge in [0.05, 0.1) is 14.9 Å². The van der Waals surface area contributed by atoms with E-state index in [0.717, 1.165) is 0 Å². The van der Waals surface area contributed by atoms with Crippen LogP contribution in [0.1, 0.15) is 9.67 Å². The molecule has 1 N–H and O–H groups in total. The summed E-state index contributed by atoms with van der Waals surface area (Å²) < 4.78 is 5.78. The van der Waals surface area contributed by atoms with E-state index in [9.17, 15) is 4.79 Å². The van der Waals surface area contributed by atoms with Crippen molar-refractivity contribution in [1.82, 2.24) is 0 Å². The molecule has 19 heavy (non-hydrogen) atoms. The number of hydrogen-bond acceptors (Lipinski definition) is 4. The molecule has 0 saturated heterocycles. The van der Waals surface area contributed by atoms with Gasteiger partial charge in [0.25, 0.3) is 5.91 Å². The number of nitrogens with one attached hydrogen (secondary N) is 1. The molecular formula is C13H9ClN2O2S. The minimum Gasteiger partial charge on any atom is -0.477 e. The molecule has 1 amide bonds. The average Bonchev–Trinajstić information content (AvgIpc) is 2.84. The number of carbonyl (C=O) groups excluding carboxylic acids is 1. The molecule has 6 heteroatoms. The summed E-state index contributed by atoms with van der Waals surface area (Å²) in [7, 11) is 0. The van der Waals surface area contributed by atoms with Crippen LogP contribution >= 0.6 is 22.9 Å². The molecule has 0 saturated carbocycles. The van der Waals surface area contributed by atoms with E-state index in [1.807, 2.05) is 6.07 Å². The lowest BCUT2D eigenvalue weighted by atomic mass is 10.3. The molecule has 0 bridgehead atoms. The number of hydrogen-bond donors (Lipinski definition) is 1. The molecule has 2 rings (SSSR count). The number of thiophene rings is 1. The Labute approximate surface area is 119 Å². The first-order valence-corrected chi connectivity index (χ1v) is 6.55. The van der Waals surface area contributed by atoms with Gasteiger partial charge in [0.2, 0.25) is 0 Å². The van der Waals surface area contributed by atoms with Crippen LogP contribution in [0.5, 0.6) is 5.75 Å². The lowest BCUT2D eigenvalue weighted by molar-refractivity contribution is 0.103. The standard InChI is InChI=1S/C13H9ClN2O2S/c14-12-6-5-11(19-12)13(17)16-9-3-1-2-4-10(9)18-8-7-15/h1-6H,8H2,(H,16,17). The second kappa shape index (κ2) is 6.23. The third-order valence-electron chi connectivity index (χ3n) is 2.22. The third-order valence-corrected chi connectivity index (χ3v) is 3.45. The number of nitriles is 1. The Balaban J connectivity index is 2.14. The first kappa shape index (κ1) is 13.4. The molecule has 0 aliphatic heterocycles. The van der Waals surface area contributed by atoms with Crippen molar-refractivity contribution in [1.29, 1.82) is 5.26 Å². The van der Waals surface area contributed by atoms with Crippen LogP contribution in [0.4, 0.5) is 5.69 Å². The van der Waals surface area contributed by atoms with Gasteiger partial charge in [0, 0.05) is 0 Å². The molecule has 0 spiro atoms. The van der Waals surface area contributed by atoms with Crippen LogP contribution in [0.15, 0.2) is 36.4 Å². The predicted octanol–water partition coefficient (Wildman–Crippen LogP) is 3.56. The fourth-order valence-corrected chi connectivity index (χ4v) is 2.36. The Morgan fingerprint density at radius 3 is 2.84 bits per heavy atom. The topological polar surface area (TPSA) is 62.1 Å². The van der Waals surface area contributed by atoms with Gasteiger partial charge in [-0.25, -0.2) is 0 Å². The van der Waals surface area contributed by atoms with Crippen LogP contribution in [0.25, 0.3) is 0 Å². The molecular weight excluding hydrogens is 284 g/mol. The van der Waals surface area contributed by atoms with Gasteiger partial charge in [-0.3, -0.25) is 4.79 Å². The SMILES string of the molecule is N#CCOc1ccccc1NC(=O)c1ccc(Cl)s1. The molecule has 4 nitrogen and oxygen atoms in total. The van der Waals surface area contributed by atoms with Gasteiger partial charge in [0.15, 0.2) is 6.61 Å². The summed E-state index contributed by atoms with van der Waals surface area (Å²) >= 11 is 6.98. The van der Waals surface area contributed by atoms with Crippen LogP contribution in [-0.2, 0) is 0 Å². The molecule has 0 fully saturated rings. The first-order chi connectivity index (χ1) is 9.20. The van der Waals surface area contributed by atoms with Crippen molar-refractivity contribution in [2.75, 3.05) is 11.9 Å². The summed E-state index contributed by atoms with van der Waals surface area (Å²) in [5.74, 6) is 0.199. The summed E-state index contributed by atoms with van der Waals surface area (Å²) in [5, 5.41) is 11.2. The highest BCUT2D eigenvalue weighted by molar-refractivity contribution is 7.18. The predicted molar refractivity (Wildman–Crippen MR) is 74.8 cm³/mol. The van der Waals surface area contributed by atoms with Gasteiger partial charge in [-0.15, -0.1) is 11.3 Å². The van der Waals surface area contributed by atoms with E-state index in [2.05, 4.69) is 5.32 Å². The van der Waals surface area contributed by atoms with Crippen LogP contribution in [0.2, 0.25) is 4.34 Å². The van der Waals surface area contributed by atoms with Crippen LogP contribution in [0.3, 0.4) is 0 Å². The normalized spacial score (nSPS) is 9.68. The maximum absolute atomic E-state index is 12.0. The monoisotopic (exact) mass is 292 g/mol. The molecule has 0 atom stereocenters. The Hall–Kier alpha value is -2.03. The molecule has 1 aromatic carbocycles. The van der Waals surface area contributed by atoms with Gasteiger partial charge < -0.3 is 10.1 Å². The van der Waals surface area contributed by atoms with E-state index < -0.39 is 0 Å². The highest BCUT2D eigenvalue weighted by Gasteiger charge is 2.11. The van der Waals surface area contributed by atoms with Crippen molar-refractivity contribution in [2.24, 2.45) is 0 Å². The molecule has 0 unspecified atom stereocenters. The largest absolute Gasteiger partial charge is 0.477 e. The number of nitrogens with zero attached hydrogens (tertiary/aromatic N) is 1. The first-order valence-electron chi connectivity index (χ1n) is 5.36. The number of anilines is 1. The second-order valence-corrected chi connectivity index (χ2v) is 5.22. The minimum atomic E-state index is -0.259. The Morgan fingerprint density at radius 2 is 2.16 bits per heavy atom. The molecule has 1 heterocycles. The van der Waals surface area contributed by atoms with Crippen LogP contribution in [-0.4, -0.2) is 12.5 Å². The highest BCUT2D eigenvalue weighted by atomic mass is 35.5.